The molecule has 1 heterocycles. The summed E-state index contributed by atoms with van der Waals surface area (Å²) < 4.78 is 1.90. The maximum Gasteiger partial charge on any atom is 0.0927 e. The molecule has 0 aliphatic heterocycles. The van der Waals surface area contributed by atoms with Gasteiger partial charge in [0.05, 0.1) is 11.8 Å². The van der Waals surface area contributed by atoms with Gasteiger partial charge in [0, 0.05) is 18.3 Å². The van der Waals surface area contributed by atoms with E-state index in [1.54, 1.807) is 0 Å². The van der Waals surface area contributed by atoms with E-state index in [1.807, 2.05) is 17.1 Å². The van der Waals surface area contributed by atoms with Crippen LogP contribution in [0.3, 0.4) is 0 Å². The van der Waals surface area contributed by atoms with E-state index in [9.17, 15) is 5.11 Å². The highest BCUT2D eigenvalue weighted by atomic mass is 16.3. The molecule has 1 saturated carbocycles. The van der Waals surface area contributed by atoms with Crippen molar-refractivity contribution < 1.29 is 5.11 Å². The molecule has 3 nitrogen and oxygen atoms in total. The summed E-state index contributed by atoms with van der Waals surface area (Å²) in [6.45, 7) is 9.88. The lowest BCUT2D eigenvalue weighted by Gasteiger charge is -2.30. The van der Waals surface area contributed by atoms with E-state index in [0.29, 0.717) is 11.3 Å². The number of hydrogen-bond acceptors (Lipinski definition) is 2. The summed E-state index contributed by atoms with van der Waals surface area (Å²) in [5, 5.41) is 15.3. The first-order valence-electron chi connectivity index (χ1n) is 7.60. The smallest absolute Gasteiger partial charge is 0.0927 e. The molecule has 0 aromatic carbocycles. The van der Waals surface area contributed by atoms with E-state index in [2.05, 4.69) is 32.8 Å². The van der Waals surface area contributed by atoms with Crippen LogP contribution in [-0.4, -0.2) is 14.9 Å². The van der Waals surface area contributed by atoms with Gasteiger partial charge in [0.15, 0.2) is 0 Å². The molecule has 0 radical (unpaired) electrons. The van der Waals surface area contributed by atoms with Gasteiger partial charge in [-0.15, -0.1) is 0 Å². The minimum Gasteiger partial charge on any atom is -0.385 e. The van der Waals surface area contributed by atoms with Crippen LogP contribution in [-0.2, 0) is 12.1 Å². The van der Waals surface area contributed by atoms with Gasteiger partial charge in [-0.05, 0) is 50.4 Å². The van der Waals surface area contributed by atoms with E-state index < -0.39 is 5.60 Å². The minimum absolute atomic E-state index is 0.346. The molecule has 1 fully saturated rings. The van der Waals surface area contributed by atoms with E-state index >= 15 is 0 Å². The van der Waals surface area contributed by atoms with Crippen LogP contribution in [0.1, 0.15) is 65.4 Å². The first-order chi connectivity index (χ1) is 8.85. The molecular formula is C16H28N2O. The normalized spacial score (nSPS) is 29.2. The zero-order valence-corrected chi connectivity index (χ0v) is 12.8. The fourth-order valence-electron chi connectivity index (χ4n) is 3.25. The zero-order chi connectivity index (χ0) is 14.1. The number of aryl methyl sites for hydroxylation is 1. The van der Waals surface area contributed by atoms with Gasteiger partial charge in [0.25, 0.3) is 0 Å². The van der Waals surface area contributed by atoms with Crippen LogP contribution < -0.4 is 0 Å². The number of aliphatic hydroxyl groups is 1. The molecule has 0 bridgehead atoms. The summed E-state index contributed by atoms with van der Waals surface area (Å²) in [7, 11) is 0. The van der Waals surface area contributed by atoms with E-state index in [-0.39, 0.29) is 0 Å². The number of hydrogen-bond donors (Lipinski definition) is 1. The summed E-state index contributed by atoms with van der Waals surface area (Å²) in [5.74, 6) is 0.711. The molecule has 1 aromatic heterocycles. The average molecular weight is 264 g/mol. The lowest BCUT2D eigenvalue weighted by Crippen LogP contribution is -2.25. The molecule has 2 rings (SSSR count). The topological polar surface area (TPSA) is 38.0 Å². The number of rotatable bonds is 2. The lowest BCUT2D eigenvalue weighted by atomic mass is 9.76. The van der Waals surface area contributed by atoms with Gasteiger partial charge in [0.1, 0.15) is 0 Å². The first kappa shape index (κ1) is 14.6. The summed E-state index contributed by atoms with van der Waals surface area (Å²) >= 11 is 0. The van der Waals surface area contributed by atoms with E-state index in [0.717, 1.165) is 37.8 Å². The molecule has 0 saturated heterocycles. The van der Waals surface area contributed by atoms with Crippen LogP contribution in [0.5, 0.6) is 0 Å². The van der Waals surface area contributed by atoms with Crippen molar-refractivity contribution in [1.29, 1.82) is 0 Å². The number of nitrogens with zero attached hydrogens (tertiary/aromatic N) is 2. The third-order valence-electron chi connectivity index (χ3n) is 4.77. The van der Waals surface area contributed by atoms with E-state index in [4.69, 9.17) is 0 Å². The van der Waals surface area contributed by atoms with Gasteiger partial charge >= 0.3 is 0 Å². The Balaban J connectivity index is 2.12. The summed E-state index contributed by atoms with van der Waals surface area (Å²) in [6, 6.07) is 0. The third kappa shape index (κ3) is 3.19. The van der Waals surface area contributed by atoms with Gasteiger partial charge in [0.2, 0.25) is 0 Å². The second-order valence-electron chi connectivity index (χ2n) is 7.11. The summed E-state index contributed by atoms with van der Waals surface area (Å²) in [5.41, 5.74) is 0.690. The minimum atomic E-state index is -0.659. The highest BCUT2D eigenvalue weighted by molar-refractivity contribution is 5.15. The SMILES string of the molecule is CCn1cc(C2(O)CCCC(C(C)(C)C)CC2)cn1. The second-order valence-corrected chi connectivity index (χ2v) is 7.11. The molecule has 2 atom stereocenters. The van der Waals surface area contributed by atoms with Gasteiger partial charge in [-0.2, -0.15) is 5.10 Å². The Bertz CT molecular complexity index is 419. The van der Waals surface area contributed by atoms with Crippen LogP contribution in [0, 0.1) is 11.3 Å². The van der Waals surface area contributed by atoms with Crippen molar-refractivity contribution in [2.24, 2.45) is 11.3 Å². The van der Waals surface area contributed by atoms with Crippen molar-refractivity contribution in [3.63, 3.8) is 0 Å². The molecule has 3 heteroatoms. The Kier molecular flexibility index (Phi) is 4.05. The molecule has 1 aromatic rings. The quantitative estimate of drug-likeness (QED) is 0.827. The van der Waals surface area contributed by atoms with Crippen LogP contribution in [0.2, 0.25) is 0 Å². The molecule has 108 valence electrons. The fourth-order valence-corrected chi connectivity index (χ4v) is 3.25. The highest BCUT2D eigenvalue weighted by Gasteiger charge is 2.36. The van der Waals surface area contributed by atoms with Crippen molar-refractivity contribution >= 4 is 0 Å². The van der Waals surface area contributed by atoms with Crippen LogP contribution in [0.25, 0.3) is 0 Å². The Labute approximate surface area is 117 Å². The monoisotopic (exact) mass is 264 g/mol. The van der Waals surface area contributed by atoms with Crippen LogP contribution >= 0.6 is 0 Å². The van der Waals surface area contributed by atoms with Gasteiger partial charge in [-0.25, -0.2) is 0 Å². The molecule has 0 spiro atoms. The summed E-state index contributed by atoms with van der Waals surface area (Å²) in [6.07, 6.45) is 9.04. The third-order valence-corrected chi connectivity index (χ3v) is 4.77. The Morgan fingerprint density at radius 1 is 1.37 bits per heavy atom. The van der Waals surface area contributed by atoms with Crippen LogP contribution in [0.4, 0.5) is 0 Å². The molecule has 2 unspecified atom stereocenters. The standard InChI is InChI=1S/C16H28N2O/c1-5-18-12-14(11-17-18)16(19)9-6-7-13(8-10-16)15(2,3)4/h11-13,19H,5-10H2,1-4H3. The maximum atomic E-state index is 11.0. The van der Waals surface area contributed by atoms with E-state index in [1.165, 1.54) is 6.42 Å². The van der Waals surface area contributed by atoms with Crippen LogP contribution in [0.15, 0.2) is 12.4 Å². The van der Waals surface area contributed by atoms with Crippen molar-refractivity contribution in [2.75, 3.05) is 0 Å². The van der Waals surface area contributed by atoms with Crippen molar-refractivity contribution in [2.45, 2.75) is 71.9 Å². The average Bonchev–Trinajstić information content (AvgIpc) is 2.72. The highest BCUT2D eigenvalue weighted by Crippen LogP contribution is 2.43. The number of aromatic nitrogens is 2. The maximum absolute atomic E-state index is 11.0. The molecule has 1 aliphatic carbocycles. The van der Waals surface area contributed by atoms with Crippen molar-refractivity contribution in [3.05, 3.63) is 18.0 Å². The van der Waals surface area contributed by atoms with Gasteiger partial charge in [-0.1, -0.05) is 20.8 Å². The Morgan fingerprint density at radius 3 is 2.68 bits per heavy atom. The predicted molar refractivity (Wildman–Crippen MR) is 77.8 cm³/mol. The second kappa shape index (κ2) is 5.28. The molecule has 1 aliphatic rings. The predicted octanol–water partition coefficient (Wildman–Crippen LogP) is 3.72. The molecule has 0 amide bonds. The fraction of sp³-hybridized carbons (Fsp3) is 0.812. The Hall–Kier alpha value is -0.830. The molecule has 19 heavy (non-hydrogen) atoms. The Morgan fingerprint density at radius 2 is 2.11 bits per heavy atom. The zero-order valence-electron chi connectivity index (χ0n) is 12.8. The molecular weight excluding hydrogens is 236 g/mol. The van der Waals surface area contributed by atoms with Gasteiger partial charge < -0.3 is 5.11 Å². The lowest BCUT2D eigenvalue weighted by molar-refractivity contribution is 0.0179. The summed E-state index contributed by atoms with van der Waals surface area (Å²) in [4.78, 5) is 0. The largest absolute Gasteiger partial charge is 0.385 e. The molecule has 1 N–H and O–H groups in total. The first-order valence-corrected chi connectivity index (χ1v) is 7.60. The van der Waals surface area contributed by atoms with Crippen molar-refractivity contribution in [1.82, 2.24) is 9.78 Å². The van der Waals surface area contributed by atoms with Gasteiger partial charge in [-0.3, -0.25) is 4.68 Å². The van der Waals surface area contributed by atoms with Crippen molar-refractivity contribution in [3.8, 4) is 0 Å².